The summed E-state index contributed by atoms with van der Waals surface area (Å²) < 4.78 is 6.16. The summed E-state index contributed by atoms with van der Waals surface area (Å²) >= 11 is 0. The zero-order valence-corrected chi connectivity index (χ0v) is 9.40. The lowest BCUT2D eigenvalue weighted by Crippen LogP contribution is -2.34. The molecule has 1 atom stereocenters. The van der Waals surface area contributed by atoms with Crippen molar-refractivity contribution in [2.24, 2.45) is 0 Å². The third-order valence-electron chi connectivity index (χ3n) is 2.94. The van der Waals surface area contributed by atoms with Gasteiger partial charge in [-0.15, -0.1) is 0 Å². The second-order valence-electron chi connectivity index (χ2n) is 4.00. The van der Waals surface area contributed by atoms with E-state index in [0.717, 1.165) is 25.1 Å². The normalized spacial score (nSPS) is 19.0. The fourth-order valence-electron chi connectivity index (χ4n) is 2.08. The Bertz CT molecular complexity index is 479. The van der Waals surface area contributed by atoms with Crippen LogP contribution >= 0.6 is 0 Å². The number of esters is 1. The Kier molecular flexibility index (Phi) is 2.77. The zero-order valence-electron chi connectivity index (χ0n) is 9.40. The molecule has 1 aliphatic rings. The average Bonchev–Trinajstić information content (AvgIpc) is 2.28. The van der Waals surface area contributed by atoms with Crippen LogP contribution < -0.4 is 5.56 Å². The largest absolute Gasteiger partial charge is 0.465 e. The van der Waals surface area contributed by atoms with Gasteiger partial charge in [-0.1, -0.05) is 0 Å². The number of rotatable bonds is 1. The first-order valence-electron chi connectivity index (χ1n) is 5.34. The number of carbonyl (C=O) groups is 1. The number of aromatic nitrogens is 2. The molecule has 0 aliphatic carbocycles. The van der Waals surface area contributed by atoms with Crippen LogP contribution in [0.1, 0.15) is 42.0 Å². The predicted octanol–water partition coefficient (Wildman–Crippen LogP) is 0.927. The Hall–Kier alpha value is -1.65. The van der Waals surface area contributed by atoms with E-state index in [9.17, 15) is 9.59 Å². The third-order valence-corrected chi connectivity index (χ3v) is 2.94. The monoisotopic (exact) mass is 222 g/mol. The first-order valence-corrected chi connectivity index (χ1v) is 5.34. The minimum atomic E-state index is -0.620. The summed E-state index contributed by atoms with van der Waals surface area (Å²) in [6.45, 7) is 1.97. The van der Waals surface area contributed by atoms with Gasteiger partial charge in [0.25, 0.3) is 5.56 Å². The summed E-state index contributed by atoms with van der Waals surface area (Å²) in [4.78, 5) is 27.6. The van der Waals surface area contributed by atoms with Crippen LogP contribution in [0.25, 0.3) is 0 Å². The molecule has 0 fully saturated rings. The van der Waals surface area contributed by atoms with Crippen LogP contribution in [0.5, 0.6) is 0 Å². The number of methoxy groups -OCH3 is 1. The number of nitrogens with zero attached hydrogens (tertiary/aromatic N) is 2. The van der Waals surface area contributed by atoms with Crippen LogP contribution in [0, 0.1) is 0 Å². The minimum Gasteiger partial charge on any atom is -0.465 e. The van der Waals surface area contributed by atoms with Crippen molar-refractivity contribution in [2.75, 3.05) is 7.11 Å². The van der Waals surface area contributed by atoms with E-state index in [1.807, 2.05) is 6.92 Å². The van der Waals surface area contributed by atoms with Crippen LogP contribution in [0.4, 0.5) is 0 Å². The zero-order chi connectivity index (χ0) is 11.7. The van der Waals surface area contributed by atoms with Gasteiger partial charge in [-0.05, 0) is 19.8 Å². The lowest BCUT2D eigenvalue weighted by Gasteiger charge is -2.23. The topological polar surface area (TPSA) is 61.2 Å². The Morgan fingerprint density at radius 2 is 2.38 bits per heavy atom. The van der Waals surface area contributed by atoms with Gasteiger partial charge in [0.15, 0.2) is 0 Å². The first-order chi connectivity index (χ1) is 7.65. The molecule has 0 saturated carbocycles. The molecule has 2 heterocycles. The SMILES string of the molecule is COC(=O)c1cnc2n(c1=O)C(C)CCC2. The van der Waals surface area contributed by atoms with Crippen LogP contribution in [-0.2, 0) is 11.2 Å². The van der Waals surface area contributed by atoms with Crippen molar-refractivity contribution >= 4 is 5.97 Å². The Morgan fingerprint density at radius 1 is 1.62 bits per heavy atom. The Balaban J connectivity index is 2.58. The highest BCUT2D eigenvalue weighted by Gasteiger charge is 2.22. The highest BCUT2D eigenvalue weighted by molar-refractivity contribution is 5.88. The minimum absolute atomic E-state index is 0.0139. The van der Waals surface area contributed by atoms with Gasteiger partial charge in [-0.2, -0.15) is 0 Å². The van der Waals surface area contributed by atoms with Crippen molar-refractivity contribution in [3.63, 3.8) is 0 Å². The maximum atomic E-state index is 12.0. The molecule has 16 heavy (non-hydrogen) atoms. The molecule has 5 nitrogen and oxygen atoms in total. The van der Waals surface area contributed by atoms with Gasteiger partial charge in [0, 0.05) is 18.7 Å². The number of aryl methyl sites for hydroxylation is 1. The van der Waals surface area contributed by atoms with Crippen LogP contribution in [0.2, 0.25) is 0 Å². The number of hydrogen-bond donors (Lipinski definition) is 0. The van der Waals surface area contributed by atoms with Gasteiger partial charge >= 0.3 is 5.97 Å². The summed E-state index contributed by atoms with van der Waals surface area (Å²) in [7, 11) is 1.26. The third kappa shape index (κ3) is 1.62. The van der Waals surface area contributed by atoms with Crippen molar-refractivity contribution in [3.8, 4) is 0 Å². The number of fused-ring (bicyclic) bond motifs is 1. The van der Waals surface area contributed by atoms with Crippen LogP contribution in [0.15, 0.2) is 11.0 Å². The molecule has 0 saturated heterocycles. The van der Waals surface area contributed by atoms with E-state index < -0.39 is 5.97 Å². The number of hydrogen-bond acceptors (Lipinski definition) is 4. The van der Waals surface area contributed by atoms with Crippen LogP contribution in [-0.4, -0.2) is 22.6 Å². The summed E-state index contributed by atoms with van der Waals surface area (Å²) in [5, 5.41) is 0. The van der Waals surface area contributed by atoms with Crippen molar-refractivity contribution in [1.29, 1.82) is 0 Å². The molecule has 86 valence electrons. The molecule has 0 aromatic carbocycles. The van der Waals surface area contributed by atoms with E-state index in [0.29, 0.717) is 0 Å². The number of carbonyl (C=O) groups excluding carboxylic acids is 1. The van der Waals surface area contributed by atoms with Crippen molar-refractivity contribution in [3.05, 3.63) is 27.9 Å². The average molecular weight is 222 g/mol. The van der Waals surface area contributed by atoms with Gasteiger partial charge in [0.05, 0.1) is 7.11 Å². The van der Waals surface area contributed by atoms with Crippen LogP contribution in [0.3, 0.4) is 0 Å². The van der Waals surface area contributed by atoms with E-state index >= 15 is 0 Å². The molecular weight excluding hydrogens is 208 g/mol. The molecule has 1 aromatic rings. The standard InChI is InChI=1S/C11H14N2O3/c1-7-4-3-5-9-12-6-8(11(15)16-2)10(14)13(7)9/h6-7H,3-5H2,1-2H3. The van der Waals surface area contributed by atoms with Gasteiger partial charge in [0.1, 0.15) is 11.4 Å². The molecule has 0 radical (unpaired) electrons. The molecular formula is C11H14N2O3. The fourth-order valence-corrected chi connectivity index (χ4v) is 2.08. The van der Waals surface area contributed by atoms with Gasteiger partial charge in [-0.25, -0.2) is 9.78 Å². The maximum Gasteiger partial charge on any atom is 0.345 e. The molecule has 2 rings (SSSR count). The molecule has 5 heteroatoms. The summed E-state index contributed by atoms with van der Waals surface area (Å²) in [6, 6.07) is 0.105. The van der Waals surface area contributed by atoms with E-state index in [1.165, 1.54) is 13.3 Å². The molecule has 0 amide bonds. The Morgan fingerprint density at radius 3 is 3.06 bits per heavy atom. The number of ether oxygens (including phenoxy) is 1. The molecule has 1 aromatic heterocycles. The summed E-state index contributed by atoms with van der Waals surface area (Å²) in [5.74, 6) is 0.141. The molecule has 1 aliphatic heterocycles. The van der Waals surface area contributed by atoms with Gasteiger partial charge in [0.2, 0.25) is 0 Å². The van der Waals surface area contributed by atoms with Crippen molar-refractivity contribution < 1.29 is 9.53 Å². The van der Waals surface area contributed by atoms with Crippen molar-refractivity contribution in [1.82, 2.24) is 9.55 Å². The highest BCUT2D eigenvalue weighted by atomic mass is 16.5. The molecule has 1 unspecified atom stereocenters. The van der Waals surface area contributed by atoms with E-state index in [2.05, 4.69) is 9.72 Å². The Labute approximate surface area is 93.1 Å². The quantitative estimate of drug-likeness (QED) is 0.663. The second-order valence-corrected chi connectivity index (χ2v) is 4.00. The van der Waals surface area contributed by atoms with E-state index in [1.54, 1.807) is 4.57 Å². The fraction of sp³-hybridized carbons (Fsp3) is 0.545. The van der Waals surface area contributed by atoms with E-state index in [4.69, 9.17) is 0 Å². The van der Waals surface area contributed by atoms with Crippen molar-refractivity contribution in [2.45, 2.75) is 32.2 Å². The lowest BCUT2D eigenvalue weighted by atomic mass is 10.1. The first kappa shape index (κ1) is 10.9. The molecule has 0 bridgehead atoms. The van der Waals surface area contributed by atoms with Gasteiger partial charge < -0.3 is 4.74 Å². The summed E-state index contributed by atoms with van der Waals surface area (Å²) in [6.07, 6.45) is 4.09. The van der Waals surface area contributed by atoms with E-state index in [-0.39, 0.29) is 17.2 Å². The smallest absolute Gasteiger partial charge is 0.345 e. The molecule has 0 spiro atoms. The maximum absolute atomic E-state index is 12.0. The second kappa shape index (κ2) is 4.08. The highest BCUT2D eigenvalue weighted by Crippen LogP contribution is 2.20. The predicted molar refractivity (Wildman–Crippen MR) is 57.5 cm³/mol. The summed E-state index contributed by atoms with van der Waals surface area (Å²) in [5.41, 5.74) is -0.274. The van der Waals surface area contributed by atoms with Gasteiger partial charge in [-0.3, -0.25) is 9.36 Å². The lowest BCUT2D eigenvalue weighted by molar-refractivity contribution is 0.0596. The molecule has 0 N–H and O–H groups in total.